The highest BCUT2D eigenvalue weighted by Crippen LogP contribution is 2.20. The minimum Gasteiger partial charge on any atom is -0.444 e. The van der Waals surface area contributed by atoms with Gasteiger partial charge >= 0.3 is 6.09 Å². The highest BCUT2D eigenvalue weighted by atomic mass is 35.5. The SMILES string of the molecule is CC(C)(C)OC(=O)NCC(N)Cc1c(F)cccc1Cl. The van der Waals surface area contributed by atoms with Crippen LogP contribution in [0.5, 0.6) is 0 Å². The molecule has 0 aliphatic heterocycles. The van der Waals surface area contributed by atoms with Crippen LogP contribution in [0.1, 0.15) is 26.3 Å². The second-order valence-electron chi connectivity index (χ2n) is 5.55. The van der Waals surface area contributed by atoms with E-state index < -0.39 is 23.6 Å². The van der Waals surface area contributed by atoms with Gasteiger partial charge in [0.1, 0.15) is 11.4 Å². The molecule has 0 fully saturated rings. The van der Waals surface area contributed by atoms with Crippen LogP contribution in [-0.2, 0) is 11.2 Å². The Morgan fingerprint density at radius 3 is 2.70 bits per heavy atom. The zero-order valence-electron chi connectivity index (χ0n) is 11.9. The van der Waals surface area contributed by atoms with Crippen LogP contribution in [0.2, 0.25) is 5.02 Å². The number of nitrogens with two attached hydrogens (primary N) is 1. The first-order chi connectivity index (χ1) is 9.19. The lowest BCUT2D eigenvalue weighted by atomic mass is 10.1. The number of carbonyl (C=O) groups is 1. The molecule has 1 atom stereocenters. The molecule has 0 aliphatic rings. The summed E-state index contributed by atoms with van der Waals surface area (Å²) in [4.78, 5) is 11.5. The second-order valence-corrected chi connectivity index (χ2v) is 5.95. The van der Waals surface area contributed by atoms with Crippen LogP contribution in [-0.4, -0.2) is 24.3 Å². The molecule has 0 saturated carbocycles. The number of carbonyl (C=O) groups excluding carboxylic acids is 1. The molecule has 0 heterocycles. The molecular weight excluding hydrogens is 283 g/mol. The Morgan fingerprint density at radius 1 is 1.50 bits per heavy atom. The van der Waals surface area contributed by atoms with Crippen LogP contribution < -0.4 is 11.1 Å². The number of benzene rings is 1. The fraction of sp³-hybridized carbons (Fsp3) is 0.500. The van der Waals surface area contributed by atoms with Crippen molar-refractivity contribution in [2.24, 2.45) is 5.73 Å². The number of rotatable bonds is 4. The van der Waals surface area contributed by atoms with Crippen molar-refractivity contribution in [2.75, 3.05) is 6.54 Å². The first kappa shape index (κ1) is 16.7. The van der Waals surface area contributed by atoms with Crippen LogP contribution in [0.3, 0.4) is 0 Å². The summed E-state index contributed by atoms with van der Waals surface area (Å²) in [5.74, 6) is -0.398. The summed E-state index contributed by atoms with van der Waals surface area (Å²) in [5.41, 5.74) is 5.65. The van der Waals surface area contributed by atoms with Gasteiger partial charge in [-0.1, -0.05) is 17.7 Å². The predicted octanol–water partition coefficient (Wildman–Crippen LogP) is 2.87. The molecule has 20 heavy (non-hydrogen) atoms. The van der Waals surface area contributed by atoms with Gasteiger partial charge in [-0.25, -0.2) is 9.18 Å². The third-order valence-electron chi connectivity index (χ3n) is 2.44. The van der Waals surface area contributed by atoms with Crippen LogP contribution >= 0.6 is 11.6 Å². The van der Waals surface area contributed by atoms with Gasteiger partial charge in [-0.2, -0.15) is 0 Å². The number of ether oxygens (including phenoxy) is 1. The molecule has 4 nitrogen and oxygen atoms in total. The van der Waals surface area contributed by atoms with Gasteiger partial charge < -0.3 is 15.8 Å². The summed E-state index contributed by atoms with van der Waals surface area (Å²) < 4.78 is 18.7. The number of halogens is 2. The summed E-state index contributed by atoms with van der Waals surface area (Å²) in [7, 11) is 0. The van der Waals surface area contributed by atoms with Crippen LogP contribution in [0.15, 0.2) is 18.2 Å². The Hall–Kier alpha value is -1.33. The summed E-state index contributed by atoms with van der Waals surface area (Å²) in [6.45, 7) is 5.49. The van der Waals surface area contributed by atoms with E-state index in [1.807, 2.05) is 0 Å². The molecule has 1 aromatic rings. The van der Waals surface area contributed by atoms with E-state index in [9.17, 15) is 9.18 Å². The van der Waals surface area contributed by atoms with Gasteiger partial charge in [-0.15, -0.1) is 0 Å². The maximum absolute atomic E-state index is 13.6. The van der Waals surface area contributed by atoms with Gasteiger partial charge in [0.05, 0.1) is 0 Å². The largest absolute Gasteiger partial charge is 0.444 e. The predicted molar refractivity (Wildman–Crippen MR) is 77.3 cm³/mol. The van der Waals surface area contributed by atoms with Crippen LogP contribution in [0, 0.1) is 5.82 Å². The fourth-order valence-electron chi connectivity index (χ4n) is 1.59. The average molecular weight is 303 g/mol. The summed E-state index contributed by atoms with van der Waals surface area (Å²) in [6, 6.07) is 4.02. The fourth-order valence-corrected chi connectivity index (χ4v) is 1.83. The molecule has 112 valence electrons. The molecule has 1 rings (SSSR count). The quantitative estimate of drug-likeness (QED) is 0.899. The maximum atomic E-state index is 13.6. The zero-order valence-corrected chi connectivity index (χ0v) is 12.6. The number of hydrogen-bond donors (Lipinski definition) is 2. The normalized spacial score (nSPS) is 12.9. The van der Waals surface area contributed by atoms with Crippen LogP contribution in [0.25, 0.3) is 0 Å². The molecule has 1 amide bonds. The lowest BCUT2D eigenvalue weighted by Crippen LogP contribution is -2.41. The molecule has 6 heteroatoms. The zero-order chi connectivity index (χ0) is 15.3. The highest BCUT2D eigenvalue weighted by Gasteiger charge is 2.17. The molecule has 0 aliphatic carbocycles. The van der Waals surface area contributed by atoms with Crippen molar-refractivity contribution in [3.8, 4) is 0 Å². The minimum atomic E-state index is -0.566. The standard InChI is InChI=1S/C14H20ClFN2O2/c1-14(2,3)20-13(19)18-8-9(17)7-10-11(15)5-4-6-12(10)16/h4-6,9H,7-8,17H2,1-3H3,(H,18,19). The van der Waals surface area contributed by atoms with E-state index in [2.05, 4.69) is 5.32 Å². The third kappa shape index (κ3) is 5.75. The molecule has 0 radical (unpaired) electrons. The molecule has 0 bridgehead atoms. The number of hydrogen-bond acceptors (Lipinski definition) is 3. The van der Waals surface area contributed by atoms with Crippen molar-refractivity contribution in [3.05, 3.63) is 34.6 Å². The van der Waals surface area contributed by atoms with Crippen molar-refractivity contribution < 1.29 is 13.9 Å². The van der Waals surface area contributed by atoms with E-state index in [0.717, 1.165) is 0 Å². The first-order valence-corrected chi connectivity index (χ1v) is 6.72. The Kier molecular flexibility index (Phi) is 5.77. The smallest absolute Gasteiger partial charge is 0.407 e. The van der Waals surface area contributed by atoms with E-state index in [-0.39, 0.29) is 13.0 Å². The van der Waals surface area contributed by atoms with Gasteiger partial charge in [0, 0.05) is 23.2 Å². The lowest BCUT2D eigenvalue weighted by Gasteiger charge is -2.21. The van der Waals surface area contributed by atoms with Gasteiger partial charge in [0.25, 0.3) is 0 Å². The summed E-state index contributed by atoms with van der Waals surface area (Å²) in [6.07, 6.45) is -0.311. The monoisotopic (exact) mass is 302 g/mol. The Labute approximate surface area is 123 Å². The van der Waals surface area contributed by atoms with Crippen molar-refractivity contribution >= 4 is 17.7 Å². The Morgan fingerprint density at radius 2 is 2.15 bits per heavy atom. The van der Waals surface area contributed by atoms with E-state index >= 15 is 0 Å². The van der Waals surface area contributed by atoms with Gasteiger partial charge in [-0.3, -0.25) is 0 Å². The van der Waals surface area contributed by atoms with Gasteiger partial charge in [0.2, 0.25) is 0 Å². The number of nitrogens with one attached hydrogen (secondary N) is 1. The number of alkyl carbamates (subject to hydrolysis) is 1. The molecular formula is C14H20ClFN2O2. The highest BCUT2D eigenvalue weighted by molar-refractivity contribution is 6.31. The van der Waals surface area contributed by atoms with E-state index in [1.54, 1.807) is 26.8 Å². The third-order valence-corrected chi connectivity index (χ3v) is 2.79. The maximum Gasteiger partial charge on any atom is 0.407 e. The minimum absolute atomic E-state index is 0.180. The Bertz CT molecular complexity index is 454. The summed E-state index contributed by atoms with van der Waals surface area (Å²) in [5, 5.41) is 2.88. The second kappa shape index (κ2) is 6.90. The topological polar surface area (TPSA) is 64.3 Å². The number of amides is 1. The molecule has 0 aromatic heterocycles. The molecule has 0 spiro atoms. The van der Waals surface area contributed by atoms with E-state index in [0.29, 0.717) is 10.6 Å². The van der Waals surface area contributed by atoms with Gasteiger partial charge in [-0.05, 0) is 39.3 Å². The van der Waals surface area contributed by atoms with E-state index in [4.69, 9.17) is 22.1 Å². The molecule has 3 N–H and O–H groups in total. The van der Waals surface area contributed by atoms with Crippen molar-refractivity contribution in [3.63, 3.8) is 0 Å². The van der Waals surface area contributed by atoms with Crippen LogP contribution in [0.4, 0.5) is 9.18 Å². The first-order valence-electron chi connectivity index (χ1n) is 6.34. The lowest BCUT2D eigenvalue weighted by molar-refractivity contribution is 0.0524. The van der Waals surface area contributed by atoms with Crippen molar-refractivity contribution in [2.45, 2.75) is 38.8 Å². The van der Waals surface area contributed by atoms with Crippen molar-refractivity contribution in [1.82, 2.24) is 5.32 Å². The summed E-state index contributed by atoms with van der Waals surface area (Å²) >= 11 is 5.92. The van der Waals surface area contributed by atoms with Crippen molar-refractivity contribution in [1.29, 1.82) is 0 Å². The molecule has 1 aromatic carbocycles. The Balaban J connectivity index is 2.48. The van der Waals surface area contributed by atoms with E-state index in [1.165, 1.54) is 12.1 Å². The molecule has 1 unspecified atom stereocenters. The van der Waals surface area contributed by atoms with Gasteiger partial charge in [0.15, 0.2) is 0 Å². The molecule has 0 saturated heterocycles. The average Bonchev–Trinajstić information content (AvgIpc) is 2.29.